The van der Waals surface area contributed by atoms with Gasteiger partial charge in [-0.05, 0) is 37.3 Å². The summed E-state index contributed by atoms with van der Waals surface area (Å²) in [5.74, 6) is 0.467. The lowest BCUT2D eigenvalue weighted by molar-refractivity contribution is -0.130. The molecule has 1 saturated carbocycles. The van der Waals surface area contributed by atoms with E-state index in [9.17, 15) is 4.79 Å². The molecule has 0 unspecified atom stereocenters. The molecule has 3 rings (SSSR count). The minimum atomic E-state index is -0.354. The van der Waals surface area contributed by atoms with Gasteiger partial charge in [-0.25, -0.2) is 0 Å². The van der Waals surface area contributed by atoms with Crippen molar-refractivity contribution in [1.29, 1.82) is 0 Å². The van der Waals surface area contributed by atoms with Gasteiger partial charge in [0.15, 0.2) is 0 Å². The number of carbonyl (C=O) groups is 1. The summed E-state index contributed by atoms with van der Waals surface area (Å²) >= 11 is 0. The van der Waals surface area contributed by atoms with Gasteiger partial charge in [-0.3, -0.25) is 4.79 Å². The summed E-state index contributed by atoms with van der Waals surface area (Å²) in [6, 6.07) is 21.1. The average Bonchev–Trinajstić information content (AvgIpc) is 2.72. The van der Waals surface area contributed by atoms with E-state index >= 15 is 0 Å². The van der Waals surface area contributed by atoms with Gasteiger partial charge in [0.2, 0.25) is 5.91 Å². The molecular formula is C25H31NO. The molecule has 27 heavy (non-hydrogen) atoms. The Morgan fingerprint density at radius 2 is 1.48 bits per heavy atom. The largest absolute Gasteiger partial charge is 0.355 e. The van der Waals surface area contributed by atoms with Gasteiger partial charge in [-0.2, -0.15) is 0 Å². The third-order valence-electron chi connectivity index (χ3n) is 6.08. The fraction of sp³-hybridized carbons (Fsp3) is 0.400. The summed E-state index contributed by atoms with van der Waals surface area (Å²) in [6.07, 6.45) is 6.25. The van der Waals surface area contributed by atoms with Gasteiger partial charge >= 0.3 is 0 Å². The molecule has 1 fully saturated rings. The maximum atomic E-state index is 13.0. The van der Waals surface area contributed by atoms with Gasteiger partial charge in [-0.15, -0.1) is 0 Å². The smallest absolute Gasteiger partial charge is 0.230 e. The lowest BCUT2D eigenvalue weighted by atomic mass is 9.69. The molecular weight excluding hydrogens is 330 g/mol. The molecule has 0 bridgehead atoms. The number of benzene rings is 2. The second-order valence-electron chi connectivity index (χ2n) is 7.84. The van der Waals surface area contributed by atoms with Crippen LogP contribution in [0.25, 0.3) is 0 Å². The Morgan fingerprint density at radius 3 is 1.96 bits per heavy atom. The first-order valence-corrected chi connectivity index (χ1v) is 10.2. The average molecular weight is 362 g/mol. The zero-order chi connectivity index (χ0) is 19.1. The van der Waals surface area contributed by atoms with Crippen molar-refractivity contribution >= 4 is 5.91 Å². The van der Waals surface area contributed by atoms with Crippen LogP contribution in [-0.2, 0) is 4.79 Å². The van der Waals surface area contributed by atoms with Gasteiger partial charge in [-0.1, -0.05) is 92.1 Å². The van der Waals surface area contributed by atoms with Gasteiger partial charge in [0, 0.05) is 12.5 Å². The van der Waals surface area contributed by atoms with Gasteiger partial charge in [0.05, 0.1) is 5.41 Å². The first-order chi connectivity index (χ1) is 13.1. The summed E-state index contributed by atoms with van der Waals surface area (Å²) in [5.41, 5.74) is 3.26. The van der Waals surface area contributed by atoms with Crippen molar-refractivity contribution in [2.75, 3.05) is 6.54 Å². The Hall–Kier alpha value is -2.35. The molecule has 142 valence electrons. The standard InChI is InChI=1S/C25H31NO/c1-20(2)25(17-10-5-11-18-25)24(27)26-19-16-23(21-12-6-3-7-13-21)22-14-8-4-9-15-22/h3-4,6-9,12-15,23H,1,5,10-11,16-19H2,2H3,(H,26,27). The molecule has 2 aromatic carbocycles. The van der Waals surface area contributed by atoms with E-state index < -0.39 is 0 Å². The molecule has 0 heterocycles. The molecule has 1 N–H and O–H groups in total. The fourth-order valence-corrected chi connectivity index (χ4v) is 4.40. The first-order valence-electron chi connectivity index (χ1n) is 10.2. The van der Waals surface area contributed by atoms with E-state index in [-0.39, 0.29) is 11.3 Å². The second-order valence-corrected chi connectivity index (χ2v) is 7.84. The van der Waals surface area contributed by atoms with Crippen LogP contribution in [0.15, 0.2) is 72.8 Å². The molecule has 0 radical (unpaired) electrons. The Balaban J connectivity index is 1.69. The van der Waals surface area contributed by atoms with Crippen molar-refractivity contribution in [2.45, 2.75) is 51.4 Å². The maximum absolute atomic E-state index is 13.0. The van der Waals surface area contributed by atoms with Crippen molar-refractivity contribution in [3.63, 3.8) is 0 Å². The highest BCUT2D eigenvalue weighted by molar-refractivity contribution is 5.85. The highest BCUT2D eigenvalue weighted by Gasteiger charge is 2.39. The SMILES string of the molecule is C=C(C)C1(C(=O)NCCC(c2ccccc2)c2ccccc2)CCCCC1. The van der Waals surface area contributed by atoms with Crippen LogP contribution >= 0.6 is 0 Å². The molecule has 2 heteroatoms. The van der Waals surface area contributed by atoms with E-state index in [4.69, 9.17) is 0 Å². The topological polar surface area (TPSA) is 29.1 Å². The predicted molar refractivity (Wildman–Crippen MR) is 113 cm³/mol. The molecule has 1 aliphatic rings. The molecule has 1 amide bonds. The van der Waals surface area contributed by atoms with Crippen LogP contribution in [0.3, 0.4) is 0 Å². The number of amides is 1. The number of hydrogen-bond acceptors (Lipinski definition) is 1. The Labute approximate surface area is 163 Å². The molecule has 1 aliphatic carbocycles. The fourth-order valence-electron chi connectivity index (χ4n) is 4.40. The zero-order valence-corrected chi connectivity index (χ0v) is 16.4. The van der Waals surface area contributed by atoms with E-state index in [1.54, 1.807) is 0 Å². The highest BCUT2D eigenvalue weighted by Crippen LogP contribution is 2.42. The van der Waals surface area contributed by atoms with Gasteiger partial charge in [0.25, 0.3) is 0 Å². The lowest BCUT2D eigenvalue weighted by Gasteiger charge is -2.36. The predicted octanol–water partition coefficient (Wildman–Crippen LogP) is 5.85. The van der Waals surface area contributed by atoms with Crippen molar-refractivity contribution in [3.8, 4) is 0 Å². The van der Waals surface area contributed by atoms with E-state index in [0.29, 0.717) is 12.5 Å². The normalized spacial score (nSPS) is 16.1. The van der Waals surface area contributed by atoms with Gasteiger partial charge in [0.1, 0.15) is 0 Å². The van der Waals surface area contributed by atoms with Crippen LogP contribution in [0.2, 0.25) is 0 Å². The maximum Gasteiger partial charge on any atom is 0.230 e. The van der Waals surface area contributed by atoms with Crippen molar-refractivity contribution in [2.24, 2.45) is 5.41 Å². The molecule has 2 nitrogen and oxygen atoms in total. The molecule has 2 aromatic rings. The zero-order valence-electron chi connectivity index (χ0n) is 16.4. The van der Waals surface area contributed by atoms with E-state index in [1.807, 2.05) is 19.1 Å². The lowest BCUT2D eigenvalue weighted by Crippen LogP contribution is -2.43. The summed E-state index contributed by atoms with van der Waals surface area (Å²) < 4.78 is 0. The third-order valence-corrected chi connectivity index (χ3v) is 6.08. The minimum absolute atomic E-state index is 0.176. The quantitative estimate of drug-likeness (QED) is 0.616. The number of nitrogens with one attached hydrogen (secondary N) is 1. The third kappa shape index (κ3) is 4.50. The molecule has 0 spiro atoms. The minimum Gasteiger partial charge on any atom is -0.355 e. The molecule has 0 atom stereocenters. The number of rotatable bonds is 7. The Bertz CT molecular complexity index is 705. The highest BCUT2D eigenvalue weighted by atomic mass is 16.2. The monoisotopic (exact) mass is 361 g/mol. The molecule has 0 saturated heterocycles. The van der Waals surface area contributed by atoms with E-state index in [0.717, 1.165) is 37.7 Å². The van der Waals surface area contributed by atoms with Gasteiger partial charge < -0.3 is 5.32 Å². The number of hydrogen-bond donors (Lipinski definition) is 1. The first kappa shape index (κ1) is 19.4. The summed E-state index contributed by atoms with van der Waals surface area (Å²) in [7, 11) is 0. The number of carbonyl (C=O) groups excluding carboxylic acids is 1. The van der Waals surface area contributed by atoms with Crippen LogP contribution in [0, 0.1) is 5.41 Å². The summed E-state index contributed by atoms with van der Waals surface area (Å²) in [5, 5.41) is 3.24. The summed E-state index contributed by atoms with van der Waals surface area (Å²) in [6.45, 7) is 6.85. The van der Waals surface area contributed by atoms with E-state index in [1.165, 1.54) is 17.5 Å². The Morgan fingerprint density at radius 1 is 0.963 bits per heavy atom. The van der Waals surface area contributed by atoms with Crippen molar-refractivity contribution in [1.82, 2.24) is 5.32 Å². The van der Waals surface area contributed by atoms with Crippen LogP contribution < -0.4 is 5.32 Å². The van der Waals surface area contributed by atoms with Crippen LogP contribution in [0.1, 0.15) is 62.5 Å². The van der Waals surface area contributed by atoms with Crippen LogP contribution in [0.4, 0.5) is 0 Å². The summed E-state index contributed by atoms with van der Waals surface area (Å²) in [4.78, 5) is 13.0. The second kappa shape index (κ2) is 9.03. The Kier molecular flexibility index (Phi) is 6.49. The molecule has 0 aliphatic heterocycles. The van der Waals surface area contributed by atoms with Crippen molar-refractivity contribution in [3.05, 3.63) is 83.9 Å². The molecule has 0 aromatic heterocycles. The van der Waals surface area contributed by atoms with Crippen molar-refractivity contribution < 1.29 is 4.79 Å². The van der Waals surface area contributed by atoms with Crippen LogP contribution in [-0.4, -0.2) is 12.5 Å². The van der Waals surface area contributed by atoms with E-state index in [2.05, 4.69) is 60.4 Å². The van der Waals surface area contributed by atoms with Crippen LogP contribution in [0.5, 0.6) is 0 Å².